The Labute approximate surface area is 208 Å². The number of piperazine rings is 1. The molecule has 3 rings (SSSR count). The molecule has 1 aromatic heterocycles. The number of amides is 1. The van der Waals surface area contributed by atoms with Gasteiger partial charge in [0.25, 0.3) is 0 Å². The number of aromatic nitrogens is 2. The third kappa shape index (κ3) is 6.93. The summed E-state index contributed by atoms with van der Waals surface area (Å²) in [7, 11) is 1.86. The van der Waals surface area contributed by atoms with Crippen LogP contribution in [0.4, 0.5) is 5.69 Å². The van der Waals surface area contributed by atoms with Gasteiger partial charge < -0.3 is 15.1 Å². The number of halogens is 1. The number of aliphatic imine (C=N–C) groups is 1. The zero-order chi connectivity index (χ0) is 22.2. The molecule has 1 N–H and O–H groups in total. The molecule has 0 saturated carbocycles. The highest BCUT2D eigenvalue weighted by Crippen LogP contribution is 2.16. The van der Waals surface area contributed by atoms with E-state index in [0.29, 0.717) is 19.6 Å². The molecule has 1 saturated heterocycles. The highest BCUT2D eigenvalue weighted by molar-refractivity contribution is 14.0. The van der Waals surface area contributed by atoms with Gasteiger partial charge in [-0.15, -0.1) is 24.0 Å². The van der Waals surface area contributed by atoms with Gasteiger partial charge in [0.1, 0.15) is 6.54 Å². The first-order valence-electron chi connectivity index (χ1n) is 11.2. The number of rotatable bonds is 8. The van der Waals surface area contributed by atoms with E-state index in [1.807, 2.05) is 25.1 Å². The van der Waals surface area contributed by atoms with Crippen molar-refractivity contribution in [1.29, 1.82) is 0 Å². The van der Waals surface area contributed by atoms with Crippen molar-refractivity contribution in [3.63, 3.8) is 0 Å². The molecule has 0 atom stereocenters. The molecule has 0 spiro atoms. The number of nitrogens with zero attached hydrogens (tertiary/aromatic N) is 6. The quantitative estimate of drug-likeness (QED) is 0.310. The Morgan fingerprint density at radius 1 is 1.12 bits per heavy atom. The minimum Gasteiger partial charge on any atom is -0.356 e. The lowest BCUT2D eigenvalue weighted by Gasteiger charge is -2.35. The fraction of sp³-hybridized carbons (Fsp3) is 0.522. The molecule has 32 heavy (non-hydrogen) atoms. The molecule has 1 aromatic carbocycles. The van der Waals surface area contributed by atoms with Gasteiger partial charge in [-0.1, -0.05) is 38.1 Å². The summed E-state index contributed by atoms with van der Waals surface area (Å²) in [4.78, 5) is 23.8. The Hall–Kier alpha value is -2.14. The molecule has 1 aliphatic rings. The number of anilines is 1. The van der Waals surface area contributed by atoms with Gasteiger partial charge >= 0.3 is 0 Å². The van der Waals surface area contributed by atoms with E-state index >= 15 is 0 Å². The molecule has 176 valence electrons. The van der Waals surface area contributed by atoms with Crippen LogP contribution < -0.4 is 10.2 Å². The van der Waals surface area contributed by atoms with Crippen LogP contribution in [0.15, 0.2) is 41.7 Å². The summed E-state index contributed by atoms with van der Waals surface area (Å²) in [6.45, 7) is 12.5. The highest BCUT2D eigenvalue weighted by Gasteiger charge is 2.27. The summed E-state index contributed by atoms with van der Waals surface area (Å²) in [5.74, 6) is 0.847. The topological polar surface area (TPSA) is 69.0 Å². The van der Waals surface area contributed by atoms with E-state index < -0.39 is 0 Å². The van der Waals surface area contributed by atoms with E-state index in [-0.39, 0.29) is 29.9 Å². The molecule has 8 nitrogen and oxygen atoms in total. The van der Waals surface area contributed by atoms with Crippen LogP contribution in [0.25, 0.3) is 0 Å². The van der Waals surface area contributed by atoms with Crippen molar-refractivity contribution in [3.05, 3.63) is 47.8 Å². The Morgan fingerprint density at radius 2 is 1.81 bits per heavy atom. The number of nitrogens with one attached hydrogen (secondary N) is 1. The van der Waals surface area contributed by atoms with Crippen molar-refractivity contribution in [2.24, 2.45) is 12.0 Å². The molecule has 0 aliphatic carbocycles. The van der Waals surface area contributed by atoms with Crippen LogP contribution in [0.1, 0.15) is 31.9 Å². The molecule has 0 bridgehead atoms. The first-order chi connectivity index (χ1) is 15.0. The molecule has 1 fully saturated rings. The van der Waals surface area contributed by atoms with Gasteiger partial charge in [-0.25, -0.2) is 4.99 Å². The molecular formula is C23H36IN7O. The summed E-state index contributed by atoms with van der Waals surface area (Å²) in [5, 5.41) is 7.51. The van der Waals surface area contributed by atoms with Gasteiger partial charge in [0, 0.05) is 39.4 Å². The molecule has 0 radical (unpaired) electrons. The van der Waals surface area contributed by atoms with Crippen LogP contribution in [0.3, 0.4) is 0 Å². The second kappa shape index (κ2) is 12.8. The van der Waals surface area contributed by atoms with Crippen LogP contribution in [-0.2, 0) is 24.9 Å². The third-order valence-corrected chi connectivity index (χ3v) is 5.59. The van der Waals surface area contributed by atoms with Crippen molar-refractivity contribution in [2.75, 3.05) is 44.2 Å². The molecule has 0 unspecified atom stereocenters. The lowest BCUT2D eigenvalue weighted by molar-refractivity contribution is -0.120. The normalized spacial score (nSPS) is 14.7. The second-order valence-electron chi connectivity index (χ2n) is 7.79. The largest absolute Gasteiger partial charge is 0.356 e. The van der Waals surface area contributed by atoms with Gasteiger partial charge in [0.2, 0.25) is 5.91 Å². The van der Waals surface area contributed by atoms with Gasteiger partial charge in [-0.05, 0) is 31.1 Å². The van der Waals surface area contributed by atoms with Crippen LogP contribution in [0.2, 0.25) is 0 Å². The smallest absolute Gasteiger partial charge is 0.246 e. The number of aryl methyl sites for hydroxylation is 1. The van der Waals surface area contributed by atoms with Crippen molar-refractivity contribution in [1.82, 2.24) is 24.9 Å². The maximum atomic E-state index is 12.7. The average Bonchev–Trinajstić information content (AvgIpc) is 3.21. The number of benzene rings is 1. The molecular weight excluding hydrogens is 517 g/mol. The van der Waals surface area contributed by atoms with Crippen LogP contribution in [0.5, 0.6) is 0 Å². The lowest BCUT2D eigenvalue weighted by Crippen LogP contribution is -2.55. The minimum absolute atomic E-state index is 0. The predicted molar refractivity (Wildman–Crippen MR) is 140 cm³/mol. The van der Waals surface area contributed by atoms with E-state index in [1.165, 1.54) is 11.1 Å². The lowest BCUT2D eigenvalue weighted by atomic mass is 10.1. The van der Waals surface area contributed by atoms with Crippen molar-refractivity contribution in [2.45, 2.75) is 33.9 Å². The Balaban J connectivity index is 0.00000363. The minimum atomic E-state index is 0. The Bertz CT molecular complexity index is 877. The molecule has 2 heterocycles. The highest BCUT2D eigenvalue weighted by atomic mass is 127. The van der Waals surface area contributed by atoms with E-state index in [4.69, 9.17) is 4.99 Å². The average molecular weight is 553 g/mol. The predicted octanol–water partition coefficient (Wildman–Crippen LogP) is 2.69. The maximum absolute atomic E-state index is 12.7. The van der Waals surface area contributed by atoms with Crippen LogP contribution in [-0.4, -0.2) is 70.7 Å². The zero-order valence-corrected chi connectivity index (χ0v) is 22.0. The first kappa shape index (κ1) is 26.1. The fourth-order valence-corrected chi connectivity index (χ4v) is 3.72. The fourth-order valence-electron chi connectivity index (χ4n) is 3.72. The maximum Gasteiger partial charge on any atom is 0.246 e. The summed E-state index contributed by atoms with van der Waals surface area (Å²) >= 11 is 0. The standard InChI is InChI=1S/C23H35N7O.HI/c1-5-24-23(25-14-19-8-10-20(11-9-19)16-28(6-2)7-3)29-12-13-30(22(31)18-29)21-15-26-27(4)17-21;/h8-11,15,17H,5-7,12-14,16,18H2,1-4H3,(H,24,25);1H. The summed E-state index contributed by atoms with van der Waals surface area (Å²) in [6.07, 6.45) is 3.60. The number of guanidine groups is 1. The van der Waals surface area contributed by atoms with E-state index in [2.05, 4.69) is 53.4 Å². The summed E-state index contributed by atoms with van der Waals surface area (Å²) in [6, 6.07) is 8.67. The van der Waals surface area contributed by atoms with Crippen LogP contribution >= 0.6 is 24.0 Å². The zero-order valence-electron chi connectivity index (χ0n) is 19.6. The number of carbonyl (C=O) groups is 1. The van der Waals surface area contributed by atoms with E-state index in [0.717, 1.165) is 44.4 Å². The van der Waals surface area contributed by atoms with Crippen molar-refractivity contribution < 1.29 is 4.79 Å². The monoisotopic (exact) mass is 553 g/mol. The second-order valence-corrected chi connectivity index (χ2v) is 7.79. The molecule has 2 aromatic rings. The Kier molecular flexibility index (Phi) is 10.4. The van der Waals surface area contributed by atoms with Gasteiger partial charge in [-0.3, -0.25) is 14.4 Å². The SMILES string of the molecule is CCNC(=NCc1ccc(CN(CC)CC)cc1)N1CCN(c2cnn(C)c2)C(=O)C1.I. The molecule has 1 amide bonds. The first-order valence-corrected chi connectivity index (χ1v) is 11.2. The summed E-state index contributed by atoms with van der Waals surface area (Å²) < 4.78 is 1.72. The third-order valence-electron chi connectivity index (χ3n) is 5.59. The van der Waals surface area contributed by atoms with E-state index in [9.17, 15) is 4.79 Å². The number of carbonyl (C=O) groups excluding carboxylic acids is 1. The van der Waals surface area contributed by atoms with Crippen LogP contribution in [0, 0.1) is 0 Å². The molecule has 1 aliphatic heterocycles. The Morgan fingerprint density at radius 3 is 2.38 bits per heavy atom. The van der Waals surface area contributed by atoms with Gasteiger partial charge in [-0.2, -0.15) is 5.10 Å². The number of hydrogen-bond acceptors (Lipinski definition) is 4. The van der Waals surface area contributed by atoms with Crippen molar-refractivity contribution in [3.8, 4) is 0 Å². The van der Waals surface area contributed by atoms with Gasteiger partial charge in [0.05, 0.1) is 18.4 Å². The number of hydrogen-bond donors (Lipinski definition) is 1. The summed E-state index contributed by atoms with van der Waals surface area (Å²) in [5.41, 5.74) is 3.33. The van der Waals surface area contributed by atoms with E-state index in [1.54, 1.807) is 15.8 Å². The van der Waals surface area contributed by atoms with Gasteiger partial charge in [0.15, 0.2) is 5.96 Å². The molecule has 9 heteroatoms. The van der Waals surface area contributed by atoms with Crippen molar-refractivity contribution >= 4 is 41.5 Å².